The fraction of sp³-hybridized carbons (Fsp3) is 0.0741. The first-order valence-corrected chi connectivity index (χ1v) is 12.4. The standard InChI is InChI=1S/C27H19BrFN3O2S/c1-16-23(25(33)31-21-13-11-20(29)12-14-21)24(18-7-9-19(28)10-8-18)32-26(34)22(35-27(32)30-16)15-17-5-3-2-4-6-17/h2-15,24H,1H3,(H,31,33)/b22-15+. The molecule has 4 aromatic rings. The zero-order valence-electron chi connectivity index (χ0n) is 18.5. The van der Waals surface area contributed by atoms with Crippen LogP contribution >= 0.6 is 27.3 Å². The number of aromatic nitrogens is 1. The Balaban J connectivity index is 1.66. The Morgan fingerprint density at radius 3 is 2.43 bits per heavy atom. The highest BCUT2D eigenvalue weighted by atomic mass is 79.9. The van der Waals surface area contributed by atoms with Crippen molar-refractivity contribution in [2.45, 2.75) is 13.0 Å². The van der Waals surface area contributed by atoms with Gasteiger partial charge < -0.3 is 5.32 Å². The van der Waals surface area contributed by atoms with E-state index >= 15 is 0 Å². The van der Waals surface area contributed by atoms with Crippen LogP contribution in [-0.2, 0) is 4.79 Å². The minimum absolute atomic E-state index is 0.217. The molecule has 1 amide bonds. The van der Waals surface area contributed by atoms with E-state index in [0.29, 0.717) is 26.3 Å². The topological polar surface area (TPSA) is 63.5 Å². The highest BCUT2D eigenvalue weighted by molar-refractivity contribution is 9.10. The normalized spacial score (nSPS) is 15.5. The summed E-state index contributed by atoms with van der Waals surface area (Å²) in [5, 5.41) is 2.82. The zero-order chi connectivity index (χ0) is 24.5. The Morgan fingerprint density at radius 1 is 1.06 bits per heavy atom. The van der Waals surface area contributed by atoms with Gasteiger partial charge in [0.2, 0.25) is 0 Å². The molecule has 1 aliphatic heterocycles. The maximum atomic E-state index is 13.6. The smallest absolute Gasteiger partial charge is 0.271 e. The van der Waals surface area contributed by atoms with Crippen LogP contribution in [0.5, 0.6) is 0 Å². The van der Waals surface area contributed by atoms with Gasteiger partial charge in [0, 0.05) is 10.2 Å². The fourth-order valence-electron chi connectivity index (χ4n) is 4.00. The Labute approximate surface area is 212 Å². The van der Waals surface area contributed by atoms with E-state index in [1.165, 1.54) is 35.6 Å². The van der Waals surface area contributed by atoms with E-state index in [-0.39, 0.29) is 5.56 Å². The minimum Gasteiger partial charge on any atom is -0.322 e. The van der Waals surface area contributed by atoms with E-state index in [0.717, 1.165) is 15.6 Å². The first-order valence-electron chi connectivity index (χ1n) is 10.8. The fourth-order valence-corrected chi connectivity index (χ4v) is 5.32. The van der Waals surface area contributed by atoms with Crippen LogP contribution in [-0.4, -0.2) is 10.5 Å². The van der Waals surface area contributed by atoms with Crippen LogP contribution in [0.2, 0.25) is 0 Å². The van der Waals surface area contributed by atoms with Gasteiger partial charge in [-0.15, -0.1) is 0 Å². The molecule has 0 radical (unpaired) electrons. The minimum atomic E-state index is -0.669. The van der Waals surface area contributed by atoms with Gasteiger partial charge in [-0.2, -0.15) is 0 Å². The summed E-state index contributed by atoms with van der Waals surface area (Å²) in [7, 11) is 0. The van der Waals surface area contributed by atoms with Gasteiger partial charge in [-0.25, -0.2) is 9.38 Å². The molecule has 5 rings (SSSR count). The molecule has 5 nitrogen and oxygen atoms in total. The number of fused-ring (bicyclic) bond motifs is 1. The SMILES string of the molecule is CC1=C(C(=O)Nc2ccc(F)cc2)C(c2ccc(Br)cc2)n2c(s/c(=C/c3ccccc3)c2=O)=N1. The van der Waals surface area contributed by atoms with Gasteiger partial charge in [0.15, 0.2) is 4.80 Å². The summed E-state index contributed by atoms with van der Waals surface area (Å²) < 4.78 is 16.3. The van der Waals surface area contributed by atoms with Crippen molar-refractivity contribution in [2.75, 3.05) is 5.32 Å². The Hall–Kier alpha value is -3.62. The van der Waals surface area contributed by atoms with Gasteiger partial charge in [0.05, 0.1) is 21.8 Å². The van der Waals surface area contributed by atoms with Crippen molar-refractivity contribution < 1.29 is 9.18 Å². The molecule has 1 aromatic heterocycles. The van der Waals surface area contributed by atoms with Crippen molar-refractivity contribution in [3.63, 3.8) is 0 Å². The number of halogens is 2. The summed E-state index contributed by atoms with van der Waals surface area (Å²) in [5.74, 6) is -0.793. The van der Waals surface area contributed by atoms with Crippen LogP contribution < -0.4 is 20.2 Å². The summed E-state index contributed by atoms with van der Waals surface area (Å²) in [6.07, 6.45) is 1.83. The molecule has 0 saturated carbocycles. The second-order valence-electron chi connectivity index (χ2n) is 8.01. The number of benzene rings is 3. The molecule has 1 aliphatic rings. The lowest BCUT2D eigenvalue weighted by molar-refractivity contribution is -0.113. The number of hydrogen-bond acceptors (Lipinski definition) is 4. The summed E-state index contributed by atoms with van der Waals surface area (Å²) >= 11 is 4.74. The Kier molecular flexibility index (Phi) is 6.32. The predicted molar refractivity (Wildman–Crippen MR) is 139 cm³/mol. The molecule has 0 aliphatic carbocycles. The van der Waals surface area contributed by atoms with E-state index in [1.807, 2.05) is 60.7 Å². The quantitative estimate of drug-likeness (QED) is 0.399. The number of nitrogens with zero attached hydrogens (tertiary/aromatic N) is 2. The number of thiazole rings is 1. The molecule has 8 heteroatoms. The highest BCUT2D eigenvalue weighted by Crippen LogP contribution is 2.31. The number of hydrogen-bond donors (Lipinski definition) is 1. The van der Waals surface area contributed by atoms with Crippen LogP contribution in [0, 0.1) is 5.82 Å². The molecule has 0 fully saturated rings. The third-order valence-corrected chi connectivity index (χ3v) is 7.16. The summed E-state index contributed by atoms with van der Waals surface area (Å²) in [6.45, 7) is 1.76. The monoisotopic (exact) mass is 547 g/mol. The molecule has 1 unspecified atom stereocenters. The van der Waals surface area contributed by atoms with Crippen molar-refractivity contribution in [3.8, 4) is 0 Å². The molecule has 0 bridgehead atoms. The molecule has 1 N–H and O–H groups in total. The molecule has 174 valence electrons. The number of rotatable bonds is 4. The number of carbonyl (C=O) groups excluding carboxylic acids is 1. The molecular formula is C27H19BrFN3O2S. The Morgan fingerprint density at radius 2 is 1.74 bits per heavy atom. The van der Waals surface area contributed by atoms with Crippen molar-refractivity contribution in [1.82, 2.24) is 4.57 Å². The number of amides is 1. The molecule has 35 heavy (non-hydrogen) atoms. The van der Waals surface area contributed by atoms with Crippen molar-refractivity contribution >= 4 is 44.9 Å². The van der Waals surface area contributed by atoms with Gasteiger partial charge in [-0.1, -0.05) is 69.7 Å². The van der Waals surface area contributed by atoms with Gasteiger partial charge in [0.1, 0.15) is 5.82 Å². The van der Waals surface area contributed by atoms with Gasteiger partial charge in [-0.05, 0) is 60.5 Å². The molecule has 0 spiro atoms. The largest absolute Gasteiger partial charge is 0.322 e. The van der Waals surface area contributed by atoms with Crippen molar-refractivity contribution in [3.05, 3.63) is 131 Å². The summed E-state index contributed by atoms with van der Waals surface area (Å²) in [5.41, 5.74) is 2.79. The lowest BCUT2D eigenvalue weighted by atomic mass is 9.95. The van der Waals surface area contributed by atoms with Gasteiger partial charge in [0.25, 0.3) is 11.5 Å². The third kappa shape index (κ3) is 4.67. The maximum Gasteiger partial charge on any atom is 0.271 e. The van der Waals surface area contributed by atoms with E-state index < -0.39 is 17.8 Å². The lowest BCUT2D eigenvalue weighted by Crippen LogP contribution is -2.40. The second kappa shape index (κ2) is 9.56. The first-order chi connectivity index (χ1) is 16.9. The molecule has 2 heterocycles. The van der Waals surface area contributed by atoms with Crippen LogP contribution in [0.15, 0.2) is 104 Å². The molecule has 3 aromatic carbocycles. The predicted octanol–water partition coefficient (Wildman–Crippen LogP) is 4.78. The lowest BCUT2D eigenvalue weighted by Gasteiger charge is -2.25. The molecule has 1 atom stereocenters. The number of anilines is 1. The second-order valence-corrected chi connectivity index (χ2v) is 9.93. The number of nitrogens with one attached hydrogen (secondary N) is 1. The van der Waals surface area contributed by atoms with E-state index in [9.17, 15) is 14.0 Å². The number of carbonyl (C=O) groups is 1. The first kappa shape index (κ1) is 23.1. The maximum absolute atomic E-state index is 13.6. The van der Waals surface area contributed by atoms with Crippen LogP contribution in [0.3, 0.4) is 0 Å². The zero-order valence-corrected chi connectivity index (χ0v) is 20.9. The highest BCUT2D eigenvalue weighted by Gasteiger charge is 2.32. The van der Waals surface area contributed by atoms with E-state index in [4.69, 9.17) is 0 Å². The average molecular weight is 548 g/mol. The van der Waals surface area contributed by atoms with Crippen LogP contribution in [0.4, 0.5) is 10.1 Å². The molecule has 0 saturated heterocycles. The molecular weight excluding hydrogens is 529 g/mol. The van der Waals surface area contributed by atoms with Crippen molar-refractivity contribution in [2.24, 2.45) is 4.99 Å². The summed E-state index contributed by atoms with van der Waals surface area (Å²) in [4.78, 5) is 32.3. The van der Waals surface area contributed by atoms with E-state index in [1.54, 1.807) is 11.5 Å². The van der Waals surface area contributed by atoms with Crippen LogP contribution in [0.25, 0.3) is 6.08 Å². The van der Waals surface area contributed by atoms with Gasteiger partial charge >= 0.3 is 0 Å². The average Bonchev–Trinajstić information content (AvgIpc) is 3.15. The summed E-state index contributed by atoms with van der Waals surface area (Å²) in [6, 6.07) is 22.0. The van der Waals surface area contributed by atoms with Crippen LogP contribution in [0.1, 0.15) is 24.1 Å². The Bertz CT molecular complexity index is 1620. The third-order valence-electron chi connectivity index (χ3n) is 5.65. The van der Waals surface area contributed by atoms with Gasteiger partial charge in [-0.3, -0.25) is 14.2 Å². The van der Waals surface area contributed by atoms with Crippen molar-refractivity contribution in [1.29, 1.82) is 0 Å². The van der Waals surface area contributed by atoms with E-state index in [2.05, 4.69) is 26.2 Å². The number of allylic oxidation sites excluding steroid dienone is 1.